The minimum atomic E-state index is 0.399. The molecule has 0 radical (unpaired) electrons. The average Bonchev–Trinajstić information content (AvgIpc) is 2.81. The summed E-state index contributed by atoms with van der Waals surface area (Å²) in [6.45, 7) is 0.453. The van der Waals surface area contributed by atoms with E-state index in [4.69, 9.17) is 22.7 Å². The second kappa shape index (κ2) is 6.75. The van der Waals surface area contributed by atoms with Crippen molar-refractivity contribution in [3.05, 3.63) is 51.5 Å². The van der Waals surface area contributed by atoms with Crippen LogP contribution < -0.4 is 5.73 Å². The van der Waals surface area contributed by atoms with E-state index in [9.17, 15) is 0 Å². The second-order valence-corrected chi connectivity index (χ2v) is 5.69. The molecule has 5 heteroatoms. The van der Waals surface area contributed by atoms with E-state index in [0.29, 0.717) is 11.6 Å². The van der Waals surface area contributed by atoms with Crippen LogP contribution in [-0.2, 0) is 24.2 Å². The molecular formula is C14H16N2OS2. The molecule has 0 unspecified atom stereocenters. The van der Waals surface area contributed by atoms with Gasteiger partial charge in [-0.15, -0.1) is 11.3 Å². The van der Waals surface area contributed by atoms with Gasteiger partial charge >= 0.3 is 0 Å². The normalized spacial score (nSPS) is 10.6. The van der Waals surface area contributed by atoms with Gasteiger partial charge in [0, 0.05) is 13.5 Å². The number of methoxy groups -OCH3 is 1. The number of thiocarbonyl (C=S) groups is 1. The molecule has 3 nitrogen and oxygen atoms in total. The van der Waals surface area contributed by atoms with Crippen LogP contribution in [0.25, 0.3) is 0 Å². The molecule has 1 aromatic heterocycles. The Labute approximate surface area is 122 Å². The van der Waals surface area contributed by atoms with Gasteiger partial charge in [0.25, 0.3) is 0 Å². The van der Waals surface area contributed by atoms with E-state index in [-0.39, 0.29) is 0 Å². The van der Waals surface area contributed by atoms with Crippen LogP contribution in [0.5, 0.6) is 0 Å². The molecule has 0 aliphatic rings. The highest BCUT2D eigenvalue weighted by Gasteiger charge is 2.13. The zero-order chi connectivity index (χ0) is 13.7. The average molecular weight is 292 g/mol. The first-order valence-electron chi connectivity index (χ1n) is 6.02. The molecule has 0 aliphatic heterocycles. The Morgan fingerprint density at radius 2 is 2.05 bits per heavy atom. The zero-order valence-electron chi connectivity index (χ0n) is 10.8. The summed E-state index contributed by atoms with van der Waals surface area (Å²) in [5, 5.41) is 1.05. The molecule has 1 heterocycles. The van der Waals surface area contributed by atoms with Gasteiger partial charge in [0.1, 0.15) is 4.99 Å². The van der Waals surface area contributed by atoms with Gasteiger partial charge in [-0.25, -0.2) is 4.98 Å². The predicted octanol–water partition coefficient (Wildman–Crippen LogP) is 2.71. The summed E-state index contributed by atoms with van der Waals surface area (Å²) in [6, 6.07) is 10.4. The number of thiazole rings is 1. The maximum absolute atomic E-state index is 5.71. The number of aryl methyl sites for hydroxylation is 2. The minimum Gasteiger partial charge on any atom is -0.389 e. The van der Waals surface area contributed by atoms with Gasteiger partial charge in [-0.1, -0.05) is 42.5 Å². The van der Waals surface area contributed by atoms with E-state index < -0.39 is 0 Å². The van der Waals surface area contributed by atoms with Gasteiger partial charge in [-0.05, 0) is 12.0 Å². The van der Waals surface area contributed by atoms with E-state index in [0.717, 1.165) is 28.4 Å². The Balaban J connectivity index is 2.08. The number of rotatable bonds is 6. The molecule has 0 atom stereocenters. The maximum atomic E-state index is 5.71. The molecule has 0 saturated heterocycles. The van der Waals surface area contributed by atoms with Gasteiger partial charge in [0.15, 0.2) is 0 Å². The smallest absolute Gasteiger partial charge is 0.116 e. The lowest BCUT2D eigenvalue weighted by atomic mass is 10.1. The molecule has 0 fully saturated rings. The first-order chi connectivity index (χ1) is 9.20. The number of ether oxygens (including phenoxy) is 1. The molecule has 2 rings (SSSR count). The molecule has 0 saturated carbocycles. The van der Waals surface area contributed by atoms with Gasteiger partial charge in [-0.2, -0.15) is 0 Å². The lowest BCUT2D eigenvalue weighted by Gasteiger charge is -1.98. The second-order valence-electron chi connectivity index (χ2n) is 4.17. The molecule has 0 spiro atoms. The summed E-state index contributed by atoms with van der Waals surface area (Å²) in [5.74, 6) is 0. The Kier molecular flexibility index (Phi) is 5.01. The number of aromatic nitrogens is 1. The van der Waals surface area contributed by atoms with Gasteiger partial charge in [-0.3, -0.25) is 0 Å². The van der Waals surface area contributed by atoms with Crippen molar-refractivity contribution in [1.82, 2.24) is 4.98 Å². The highest BCUT2D eigenvalue weighted by molar-refractivity contribution is 7.81. The van der Waals surface area contributed by atoms with Crippen molar-refractivity contribution in [2.45, 2.75) is 19.4 Å². The van der Waals surface area contributed by atoms with Crippen LogP contribution in [0.15, 0.2) is 30.3 Å². The van der Waals surface area contributed by atoms with Crippen LogP contribution >= 0.6 is 23.6 Å². The summed E-state index contributed by atoms with van der Waals surface area (Å²) in [6.07, 6.45) is 1.87. The number of nitrogens with two attached hydrogens (primary N) is 1. The largest absolute Gasteiger partial charge is 0.389 e. The summed E-state index contributed by atoms with van der Waals surface area (Å²) >= 11 is 6.62. The Morgan fingerprint density at radius 3 is 2.68 bits per heavy atom. The number of hydrogen-bond donors (Lipinski definition) is 1. The maximum Gasteiger partial charge on any atom is 0.116 e. The van der Waals surface area contributed by atoms with Crippen molar-refractivity contribution in [2.24, 2.45) is 5.73 Å². The SMILES string of the molecule is COCc1nc(CCc2ccccc2)sc1C(N)=S. The molecule has 1 aromatic carbocycles. The van der Waals surface area contributed by atoms with Crippen LogP contribution in [0.1, 0.15) is 21.1 Å². The highest BCUT2D eigenvalue weighted by atomic mass is 32.1. The molecule has 2 aromatic rings. The number of benzene rings is 1. The predicted molar refractivity (Wildman–Crippen MR) is 82.6 cm³/mol. The molecule has 0 aliphatic carbocycles. The summed E-state index contributed by atoms with van der Waals surface area (Å²) in [5.41, 5.74) is 7.87. The van der Waals surface area contributed by atoms with E-state index in [1.165, 1.54) is 5.56 Å². The fraction of sp³-hybridized carbons (Fsp3) is 0.286. The third kappa shape index (κ3) is 3.83. The fourth-order valence-corrected chi connectivity index (χ4v) is 2.99. The lowest BCUT2D eigenvalue weighted by molar-refractivity contribution is 0.182. The van der Waals surface area contributed by atoms with Gasteiger partial charge < -0.3 is 10.5 Å². The van der Waals surface area contributed by atoms with E-state index in [1.807, 2.05) is 18.2 Å². The molecular weight excluding hydrogens is 276 g/mol. The molecule has 2 N–H and O–H groups in total. The van der Waals surface area contributed by atoms with E-state index in [1.54, 1.807) is 18.4 Å². The zero-order valence-corrected chi connectivity index (χ0v) is 12.4. The molecule has 100 valence electrons. The summed E-state index contributed by atoms with van der Waals surface area (Å²) in [4.78, 5) is 5.84. The number of hydrogen-bond acceptors (Lipinski definition) is 4. The first-order valence-corrected chi connectivity index (χ1v) is 7.24. The molecule has 19 heavy (non-hydrogen) atoms. The van der Waals surface area contributed by atoms with Gasteiger partial charge in [0.05, 0.1) is 22.2 Å². The molecule has 0 amide bonds. The first kappa shape index (κ1) is 14.1. The third-order valence-corrected chi connectivity index (χ3v) is 4.24. The van der Waals surface area contributed by atoms with E-state index in [2.05, 4.69) is 17.1 Å². The molecule has 0 bridgehead atoms. The van der Waals surface area contributed by atoms with Crippen molar-refractivity contribution in [2.75, 3.05) is 7.11 Å². The quantitative estimate of drug-likeness (QED) is 0.832. The van der Waals surface area contributed by atoms with Crippen molar-refractivity contribution < 1.29 is 4.74 Å². The van der Waals surface area contributed by atoms with Crippen LogP contribution in [0.4, 0.5) is 0 Å². The summed E-state index contributed by atoms with van der Waals surface area (Å²) in [7, 11) is 1.65. The minimum absolute atomic E-state index is 0.399. The summed E-state index contributed by atoms with van der Waals surface area (Å²) < 4.78 is 5.12. The monoisotopic (exact) mass is 292 g/mol. The van der Waals surface area contributed by atoms with Crippen molar-refractivity contribution in [3.63, 3.8) is 0 Å². The van der Waals surface area contributed by atoms with E-state index >= 15 is 0 Å². The lowest BCUT2D eigenvalue weighted by Crippen LogP contribution is -2.10. The standard InChI is InChI=1S/C14H16N2OS2/c1-17-9-11-13(14(15)18)19-12(16-11)8-7-10-5-3-2-4-6-10/h2-6H,7-9H2,1H3,(H2,15,18). The van der Waals surface area contributed by atoms with Crippen molar-refractivity contribution in [3.8, 4) is 0 Å². The van der Waals surface area contributed by atoms with Crippen LogP contribution in [-0.4, -0.2) is 17.1 Å². The topological polar surface area (TPSA) is 48.1 Å². The van der Waals surface area contributed by atoms with Crippen LogP contribution in [0.3, 0.4) is 0 Å². The highest BCUT2D eigenvalue weighted by Crippen LogP contribution is 2.21. The van der Waals surface area contributed by atoms with Gasteiger partial charge in [0.2, 0.25) is 0 Å². The van der Waals surface area contributed by atoms with Crippen molar-refractivity contribution >= 4 is 28.5 Å². The Hall–Kier alpha value is -1.30. The Morgan fingerprint density at radius 1 is 1.32 bits per heavy atom. The van der Waals surface area contributed by atoms with Crippen molar-refractivity contribution in [1.29, 1.82) is 0 Å². The number of nitrogens with zero attached hydrogens (tertiary/aromatic N) is 1. The third-order valence-electron chi connectivity index (χ3n) is 2.72. The Bertz CT molecular complexity index is 552. The fourth-order valence-electron chi connectivity index (χ4n) is 1.83. The van der Waals surface area contributed by atoms with Crippen LogP contribution in [0.2, 0.25) is 0 Å². The van der Waals surface area contributed by atoms with Crippen LogP contribution in [0, 0.1) is 0 Å².